The van der Waals surface area contributed by atoms with Crippen molar-refractivity contribution in [1.82, 2.24) is 5.32 Å². The van der Waals surface area contributed by atoms with Gasteiger partial charge in [-0.2, -0.15) is 0 Å². The van der Waals surface area contributed by atoms with Crippen molar-refractivity contribution in [2.75, 3.05) is 11.8 Å². The SMILES string of the molecule is CC(C)(C)OC(=O)N[C@H](CCl)[C@H](CCl)O[Si](C)(C)C(C)(C)C. The lowest BCUT2D eigenvalue weighted by molar-refractivity contribution is 0.0460. The van der Waals surface area contributed by atoms with Crippen LogP contribution in [0.5, 0.6) is 0 Å². The van der Waals surface area contributed by atoms with E-state index in [0.29, 0.717) is 0 Å². The first kappa shape index (κ1) is 22.0. The number of nitrogens with one attached hydrogen (secondary N) is 1. The molecule has 0 radical (unpaired) electrons. The molecule has 0 saturated heterocycles. The fourth-order valence-electron chi connectivity index (χ4n) is 1.47. The average Bonchev–Trinajstić information content (AvgIpc) is 2.29. The van der Waals surface area contributed by atoms with Gasteiger partial charge >= 0.3 is 6.09 Å². The third kappa shape index (κ3) is 7.53. The van der Waals surface area contributed by atoms with Gasteiger partial charge in [-0.3, -0.25) is 0 Å². The van der Waals surface area contributed by atoms with Crippen molar-refractivity contribution in [3.05, 3.63) is 0 Å². The molecule has 4 nitrogen and oxygen atoms in total. The smallest absolute Gasteiger partial charge is 0.408 e. The fraction of sp³-hybridized carbons (Fsp3) is 0.933. The minimum Gasteiger partial charge on any atom is -0.444 e. The quantitative estimate of drug-likeness (QED) is 0.541. The van der Waals surface area contributed by atoms with Crippen LogP contribution in [-0.4, -0.2) is 43.9 Å². The first-order valence-electron chi connectivity index (χ1n) is 7.53. The first-order valence-corrected chi connectivity index (χ1v) is 11.5. The molecule has 0 aromatic rings. The Hall–Kier alpha value is 0.0269. The topological polar surface area (TPSA) is 47.6 Å². The summed E-state index contributed by atoms with van der Waals surface area (Å²) in [4.78, 5) is 11.9. The molecule has 7 heteroatoms. The molecule has 0 bridgehead atoms. The monoisotopic (exact) mass is 371 g/mol. The Morgan fingerprint density at radius 1 is 1.09 bits per heavy atom. The summed E-state index contributed by atoms with van der Waals surface area (Å²) >= 11 is 12.1. The molecular weight excluding hydrogens is 341 g/mol. The Balaban J connectivity index is 4.92. The highest BCUT2D eigenvalue weighted by Crippen LogP contribution is 2.37. The third-order valence-electron chi connectivity index (χ3n) is 3.72. The van der Waals surface area contributed by atoms with Gasteiger partial charge in [0.1, 0.15) is 5.60 Å². The Morgan fingerprint density at radius 3 is 1.91 bits per heavy atom. The van der Waals surface area contributed by atoms with Crippen molar-refractivity contribution < 1.29 is 14.0 Å². The Kier molecular flexibility index (Phi) is 8.23. The molecule has 0 aromatic heterocycles. The zero-order valence-corrected chi connectivity index (χ0v) is 17.6. The zero-order valence-electron chi connectivity index (χ0n) is 15.0. The molecule has 1 N–H and O–H groups in total. The van der Waals surface area contributed by atoms with Crippen LogP contribution in [0, 0.1) is 0 Å². The van der Waals surface area contributed by atoms with E-state index in [2.05, 4.69) is 39.2 Å². The molecule has 0 spiro atoms. The summed E-state index contributed by atoms with van der Waals surface area (Å²) in [5.74, 6) is 0.477. The van der Waals surface area contributed by atoms with Gasteiger partial charge in [0.25, 0.3) is 0 Å². The lowest BCUT2D eigenvalue weighted by Crippen LogP contribution is -2.53. The predicted molar refractivity (Wildman–Crippen MR) is 96.7 cm³/mol. The van der Waals surface area contributed by atoms with Crippen molar-refractivity contribution in [2.24, 2.45) is 0 Å². The third-order valence-corrected chi connectivity index (χ3v) is 8.86. The van der Waals surface area contributed by atoms with Gasteiger partial charge in [0.15, 0.2) is 8.32 Å². The lowest BCUT2D eigenvalue weighted by Gasteiger charge is -2.40. The van der Waals surface area contributed by atoms with Crippen molar-refractivity contribution in [2.45, 2.75) is 77.4 Å². The molecule has 22 heavy (non-hydrogen) atoms. The van der Waals surface area contributed by atoms with Crippen LogP contribution in [-0.2, 0) is 9.16 Å². The summed E-state index contributed by atoms with van der Waals surface area (Å²) in [6.07, 6.45) is -0.848. The van der Waals surface area contributed by atoms with E-state index in [4.69, 9.17) is 32.4 Å². The van der Waals surface area contributed by atoms with E-state index in [1.54, 1.807) is 0 Å². The fourth-order valence-corrected chi connectivity index (χ4v) is 3.48. The van der Waals surface area contributed by atoms with Crippen LogP contribution < -0.4 is 5.32 Å². The van der Waals surface area contributed by atoms with E-state index in [1.807, 2.05) is 20.8 Å². The Morgan fingerprint density at radius 2 is 1.59 bits per heavy atom. The van der Waals surface area contributed by atoms with Crippen LogP contribution in [0.15, 0.2) is 0 Å². The molecule has 0 fully saturated rings. The van der Waals surface area contributed by atoms with Gasteiger partial charge in [0.2, 0.25) is 0 Å². The molecule has 0 rings (SSSR count). The van der Waals surface area contributed by atoms with E-state index in [-0.39, 0.29) is 28.9 Å². The highest BCUT2D eigenvalue weighted by molar-refractivity contribution is 6.74. The van der Waals surface area contributed by atoms with Gasteiger partial charge < -0.3 is 14.5 Å². The van der Waals surface area contributed by atoms with E-state index in [1.165, 1.54) is 0 Å². The summed E-state index contributed by atoms with van der Waals surface area (Å²) in [7, 11) is -2.00. The Labute approximate surface area is 146 Å². The second kappa shape index (κ2) is 8.22. The number of carbonyl (C=O) groups is 1. The average molecular weight is 372 g/mol. The highest BCUT2D eigenvalue weighted by Gasteiger charge is 2.41. The minimum atomic E-state index is -2.00. The molecule has 0 unspecified atom stereocenters. The van der Waals surface area contributed by atoms with Crippen LogP contribution in [0.1, 0.15) is 41.5 Å². The van der Waals surface area contributed by atoms with Gasteiger partial charge in [0, 0.05) is 11.8 Å². The van der Waals surface area contributed by atoms with Gasteiger partial charge in [-0.25, -0.2) is 4.79 Å². The van der Waals surface area contributed by atoms with Crippen LogP contribution in [0.25, 0.3) is 0 Å². The van der Waals surface area contributed by atoms with Crippen molar-refractivity contribution in [1.29, 1.82) is 0 Å². The largest absolute Gasteiger partial charge is 0.444 e. The van der Waals surface area contributed by atoms with Crippen LogP contribution in [0.2, 0.25) is 18.1 Å². The number of rotatable bonds is 6. The number of alkyl carbamates (subject to hydrolysis) is 1. The summed E-state index contributed by atoms with van der Waals surface area (Å²) in [6.45, 7) is 16.2. The van der Waals surface area contributed by atoms with Gasteiger partial charge in [0.05, 0.1) is 12.1 Å². The maximum Gasteiger partial charge on any atom is 0.408 e. The summed E-state index contributed by atoms with van der Waals surface area (Å²) in [6, 6.07) is -0.386. The lowest BCUT2D eigenvalue weighted by atomic mass is 10.2. The molecule has 132 valence electrons. The number of amides is 1. The molecule has 2 atom stereocenters. The molecule has 1 amide bonds. The number of hydrogen-bond acceptors (Lipinski definition) is 3. The van der Waals surface area contributed by atoms with Crippen molar-refractivity contribution in [3.8, 4) is 0 Å². The second-order valence-electron chi connectivity index (χ2n) is 7.98. The van der Waals surface area contributed by atoms with Gasteiger partial charge in [-0.05, 0) is 38.9 Å². The van der Waals surface area contributed by atoms with Crippen LogP contribution in [0.3, 0.4) is 0 Å². The van der Waals surface area contributed by atoms with E-state index in [9.17, 15) is 4.79 Å². The zero-order chi connectivity index (χ0) is 17.8. The summed E-state index contributed by atoms with van der Waals surface area (Å²) in [5.41, 5.74) is -0.558. The maximum absolute atomic E-state index is 11.9. The molecule has 0 aliphatic rings. The van der Waals surface area contributed by atoms with Crippen molar-refractivity contribution >= 4 is 37.6 Å². The second-order valence-corrected chi connectivity index (χ2v) is 13.4. The Bertz CT molecular complexity index is 365. The van der Waals surface area contributed by atoms with E-state index < -0.39 is 20.0 Å². The molecule has 0 aromatic carbocycles. The summed E-state index contributed by atoms with van der Waals surface area (Å²) < 4.78 is 11.6. The van der Waals surface area contributed by atoms with E-state index >= 15 is 0 Å². The standard InChI is InChI=1S/C15H31Cl2NO3Si/c1-14(2,3)20-13(19)18-11(9-16)12(10-17)21-22(7,8)15(4,5)6/h11-12H,9-10H2,1-8H3,(H,18,19)/t11-,12+/m1/s1. The van der Waals surface area contributed by atoms with E-state index in [0.717, 1.165) is 0 Å². The number of alkyl halides is 2. The van der Waals surface area contributed by atoms with Gasteiger partial charge in [-0.1, -0.05) is 20.8 Å². The normalized spacial score (nSPS) is 16.1. The number of halogens is 2. The molecule has 0 aliphatic heterocycles. The summed E-state index contributed by atoms with van der Waals surface area (Å²) in [5, 5.41) is 2.82. The van der Waals surface area contributed by atoms with Crippen molar-refractivity contribution in [3.63, 3.8) is 0 Å². The predicted octanol–water partition coefficient (Wildman–Crippen LogP) is 4.75. The number of ether oxygens (including phenoxy) is 1. The van der Waals surface area contributed by atoms with Crippen LogP contribution in [0.4, 0.5) is 4.79 Å². The minimum absolute atomic E-state index is 0.0556. The van der Waals surface area contributed by atoms with Crippen LogP contribution >= 0.6 is 23.2 Å². The van der Waals surface area contributed by atoms with Gasteiger partial charge in [-0.15, -0.1) is 23.2 Å². The highest BCUT2D eigenvalue weighted by atomic mass is 35.5. The molecule has 0 aliphatic carbocycles. The molecular formula is C15H31Cl2NO3Si. The first-order chi connectivity index (χ1) is 9.73. The molecule has 0 saturated carbocycles. The number of carbonyl (C=O) groups excluding carboxylic acids is 1. The molecule has 0 heterocycles. The maximum atomic E-state index is 11.9. The number of hydrogen-bond donors (Lipinski definition) is 1.